The Labute approximate surface area is 156 Å². The molecular formula is C16H28IN3O3. The van der Waals surface area contributed by atoms with Gasteiger partial charge in [0.15, 0.2) is 5.96 Å². The lowest BCUT2D eigenvalue weighted by Gasteiger charge is -2.12. The molecule has 1 rings (SSSR count). The maximum Gasteiger partial charge on any atom is 0.191 e. The number of methoxy groups -OCH3 is 1. The Hall–Kier alpha value is -1.06. The summed E-state index contributed by atoms with van der Waals surface area (Å²) >= 11 is 0. The highest BCUT2D eigenvalue weighted by Crippen LogP contribution is 2.07. The van der Waals surface area contributed by atoms with Crippen LogP contribution >= 0.6 is 24.0 Å². The highest BCUT2D eigenvalue weighted by Gasteiger charge is 1.97. The minimum absolute atomic E-state index is 0. The van der Waals surface area contributed by atoms with Crippen LogP contribution < -0.4 is 15.4 Å². The number of benzene rings is 1. The number of hydrogen-bond donors (Lipinski definition) is 2. The fraction of sp³-hybridized carbons (Fsp3) is 0.562. The molecule has 0 amide bonds. The summed E-state index contributed by atoms with van der Waals surface area (Å²) in [7, 11) is 1.66. The van der Waals surface area contributed by atoms with Crippen molar-refractivity contribution in [2.75, 3.05) is 53.2 Å². The van der Waals surface area contributed by atoms with E-state index in [0.717, 1.165) is 18.3 Å². The highest BCUT2D eigenvalue weighted by atomic mass is 127. The highest BCUT2D eigenvalue weighted by molar-refractivity contribution is 14.0. The number of rotatable bonds is 11. The van der Waals surface area contributed by atoms with Crippen LogP contribution in [0.1, 0.15) is 6.92 Å². The Morgan fingerprint density at radius 3 is 2.52 bits per heavy atom. The zero-order valence-corrected chi connectivity index (χ0v) is 16.2. The van der Waals surface area contributed by atoms with Crippen molar-refractivity contribution in [1.82, 2.24) is 10.6 Å². The van der Waals surface area contributed by atoms with Crippen molar-refractivity contribution in [1.29, 1.82) is 0 Å². The van der Waals surface area contributed by atoms with Gasteiger partial charge in [0.1, 0.15) is 12.4 Å². The third-order valence-electron chi connectivity index (χ3n) is 2.69. The van der Waals surface area contributed by atoms with Crippen LogP contribution in [-0.2, 0) is 9.47 Å². The van der Waals surface area contributed by atoms with Crippen molar-refractivity contribution >= 4 is 29.9 Å². The van der Waals surface area contributed by atoms with Crippen molar-refractivity contribution < 1.29 is 14.2 Å². The molecule has 0 aromatic heterocycles. The molecular weight excluding hydrogens is 409 g/mol. The lowest BCUT2D eigenvalue weighted by atomic mass is 10.3. The first kappa shape index (κ1) is 21.9. The first-order valence-electron chi connectivity index (χ1n) is 7.63. The Balaban J connectivity index is 0.00000484. The average molecular weight is 437 g/mol. The van der Waals surface area contributed by atoms with E-state index in [9.17, 15) is 0 Å². The number of ether oxygens (including phenoxy) is 3. The fourth-order valence-electron chi connectivity index (χ4n) is 1.66. The molecule has 0 atom stereocenters. The van der Waals surface area contributed by atoms with Gasteiger partial charge in [0.25, 0.3) is 0 Å². The Morgan fingerprint density at radius 2 is 1.83 bits per heavy atom. The molecule has 1 aromatic rings. The predicted octanol–water partition coefficient (Wildman–Crippen LogP) is 1.90. The van der Waals surface area contributed by atoms with Crippen LogP contribution in [0.2, 0.25) is 0 Å². The molecule has 0 spiro atoms. The second kappa shape index (κ2) is 15.8. The van der Waals surface area contributed by atoms with Gasteiger partial charge in [-0.2, -0.15) is 0 Å². The second-order valence-electron chi connectivity index (χ2n) is 4.45. The molecule has 0 heterocycles. The molecule has 0 radical (unpaired) electrons. The van der Waals surface area contributed by atoms with Gasteiger partial charge in [-0.15, -0.1) is 24.0 Å². The quantitative estimate of drug-likeness (QED) is 0.240. The van der Waals surface area contributed by atoms with E-state index < -0.39 is 0 Å². The van der Waals surface area contributed by atoms with E-state index in [4.69, 9.17) is 14.2 Å². The number of aliphatic imine (C=N–C) groups is 1. The molecule has 6 nitrogen and oxygen atoms in total. The van der Waals surface area contributed by atoms with Crippen molar-refractivity contribution in [2.45, 2.75) is 6.92 Å². The molecule has 0 bridgehead atoms. The summed E-state index contributed by atoms with van der Waals surface area (Å²) < 4.78 is 15.9. The lowest BCUT2D eigenvalue weighted by molar-refractivity contribution is 0.0748. The molecule has 132 valence electrons. The smallest absolute Gasteiger partial charge is 0.191 e. The summed E-state index contributed by atoms with van der Waals surface area (Å²) in [4.78, 5) is 4.43. The van der Waals surface area contributed by atoms with Crippen molar-refractivity contribution in [2.24, 2.45) is 4.99 Å². The molecule has 0 aliphatic rings. The normalized spacial score (nSPS) is 10.8. The zero-order chi connectivity index (χ0) is 15.9. The van der Waals surface area contributed by atoms with Gasteiger partial charge >= 0.3 is 0 Å². The summed E-state index contributed by atoms with van der Waals surface area (Å²) in [6, 6.07) is 9.76. The third-order valence-corrected chi connectivity index (χ3v) is 2.69. The van der Waals surface area contributed by atoms with Crippen molar-refractivity contribution in [3.05, 3.63) is 30.3 Å². The van der Waals surface area contributed by atoms with Gasteiger partial charge in [-0.05, 0) is 19.1 Å². The van der Waals surface area contributed by atoms with Gasteiger partial charge in [0.05, 0.1) is 32.9 Å². The maximum absolute atomic E-state index is 5.62. The van der Waals surface area contributed by atoms with E-state index >= 15 is 0 Å². The van der Waals surface area contributed by atoms with Crippen LogP contribution in [0.15, 0.2) is 35.3 Å². The molecule has 0 aliphatic carbocycles. The van der Waals surface area contributed by atoms with Crippen LogP contribution in [0.4, 0.5) is 0 Å². The van der Waals surface area contributed by atoms with Gasteiger partial charge in [-0.3, -0.25) is 4.99 Å². The number of para-hydroxylation sites is 1. The first-order valence-corrected chi connectivity index (χ1v) is 7.63. The summed E-state index contributed by atoms with van der Waals surface area (Å²) in [5.41, 5.74) is 0. The van der Waals surface area contributed by atoms with E-state index in [1.54, 1.807) is 7.11 Å². The van der Waals surface area contributed by atoms with E-state index in [-0.39, 0.29) is 24.0 Å². The molecule has 1 aromatic carbocycles. The standard InChI is InChI=1S/C16H27N3O3.HI/c1-3-17-16(18-9-11-21-14-13-20-2)19-10-12-22-15-7-5-4-6-8-15;/h4-8H,3,9-14H2,1-2H3,(H2,17,18,19);1H. The lowest BCUT2D eigenvalue weighted by Crippen LogP contribution is -2.39. The van der Waals surface area contributed by atoms with Gasteiger partial charge in [0.2, 0.25) is 0 Å². The van der Waals surface area contributed by atoms with Crippen LogP contribution in [0.3, 0.4) is 0 Å². The Kier molecular flexibility index (Phi) is 15.1. The third kappa shape index (κ3) is 12.1. The molecule has 0 saturated heterocycles. The number of nitrogens with one attached hydrogen (secondary N) is 2. The minimum atomic E-state index is 0. The summed E-state index contributed by atoms with van der Waals surface area (Å²) in [6.45, 7) is 6.52. The van der Waals surface area contributed by atoms with E-state index in [1.165, 1.54) is 0 Å². The number of nitrogens with zero attached hydrogens (tertiary/aromatic N) is 1. The monoisotopic (exact) mass is 437 g/mol. The first-order chi connectivity index (χ1) is 10.9. The minimum Gasteiger partial charge on any atom is -0.492 e. The van der Waals surface area contributed by atoms with Crippen LogP contribution in [-0.4, -0.2) is 59.1 Å². The largest absolute Gasteiger partial charge is 0.492 e. The van der Waals surface area contributed by atoms with E-state index in [2.05, 4.69) is 15.6 Å². The van der Waals surface area contributed by atoms with Gasteiger partial charge in [-0.25, -0.2) is 0 Å². The maximum atomic E-state index is 5.62. The van der Waals surface area contributed by atoms with Crippen molar-refractivity contribution in [3.8, 4) is 5.75 Å². The van der Waals surface area contributed by atoms with Crippen LogP contribution in [0.25, 0.3) is 0 Å². The zero-order valence-electron chi connectivity index (χ0n) is 13.9. The second-order valence-corrected chi connectivity index (χ2v) is 4.45. The van der Waals surface area contributed by atoms with Crippen molar-refractivity contribution in [3.63, 3.8) is 0 Å². The Bertz CT molecular complexity index is 405. The van der Waals surface area contributed by atoms with Gasteiger partial charge in [0, 0.05) is 13.7 Å². The fourth-order valence-corrected chi connectivity index (χ4v) is 1.66. The molecule has 2 N–H and O–H groups in total. The van der Waals surface area contributed by atoms with E-state index in [0.29, 0.717) is 39.5 Å². The summed E-state index contributed by atoms with van der Waals surface area (Å²) in [5, 5.41) is 6.41. The Morgan fingerprint density at radius 1 is 1.04 bits per heavy atom. The molecule has 0 unspecified atom stereocenters. The topological polar surface area (TPSA) is 64.1 Å². The van der Waals surface area contributed by atoms with Gasteiger partial charge < -0.3 is 24.8 Å². The van der Waals surface area contributed by atoms with E-state index in [1.807, 2.05) is 37.3 Å². The summed E-state index contributed by atoms with van der Waals surface area (Å²) in [5.74, 6) is 1.65. The number of hydrogen-bond acceptors (Lipinski definition) is 4. The molecule has 0 fully saturated rings. The summed E-state index contributed by atoms with van der Waals surface area (Å²) in [6.07, 6.45) is 0. The van der Waals surface area contributed by atoms with Crippen LogP contribution in [0.5, 0.6) is 5.75 Å². The molecule has 7 heteroatoms. The van der Waals surface area contributed by atoms with Gasteiger partial charge in [-0.1, -0.05) is 18.2 Å². The number of guanidine groups is 1. The predicted molar refractivity (Wildman–Crippen MR) is 104 cm³/mol. The molecule has 23 heavy (non-hydrogen) atoms. The molecule has 0 aliphatic heterocycles. The number of halogens is 1. The molecule has 0 saturated carbocycles. The average Bonchev–Trinajstić information content (AvgIpc) is 2.55. The SMILES string of the molecule is CCNC(=NCCOCCOC)NCCOc1ccccc1.I. The van der Waals surface area contributed by atoms with Crippen LogP contribution in [0, 0.1) is 0 Å².